The summed E-state index contributed by atoms with van der Waals surface area (Å²) in [7, 11) is 0. The van der Waals surface area contributed by atoms with E-state index in [0.717, 1.165) is 21.3 Å². The Balaban J connectivity index is 2.33. The van der Waals surface area contributed by atoms with Gasteiger partial charge >= 0.3 is 0 Å². The minimum atomic E-state index is -0.120. The SMILES string of the molecule is CCOc1cncc(C(NN)c2cccc(Br)c2)c1. The zero-order chi connectivity index (χ0) is 13.7. The van der Waals surface area contributed by atoms with E-state index in [4.69, 9.17) is 10.6 Å². The number of aromatic nitrogens is 1. The first-order chi connectivity index (χ1) is 9.24. The maximum atomic E-state index is 5.68. The fraction of sp³-hybridized carbons (Fsp3) is 0.214. The molecule has 4 nitrogen and oxygen atoms in total. The van der Waals surface area contributed by atoms with Crippen molar-refractivity contribution in [3.8, 4) is 5.75 Å². The van der Waals surface area contributed by atoms with Gasteiger partial charge in [0.25, 0.3) is 0 Å². The van der Waals surface area contributed by atoms with Gasteiger partial charge in [0, 0.05) is 10.7 Å². The molecule has 5 heteroatoms. The molecule has 19 heavy (non-hydrogen) atoms. The van der Waals surface area contributed by atoms with E-state index < -0.39 is 0 Å². The van der Waals surface area contributed by atoms with E-state index in [0.29, 0.717) is 6.61 Å². The summed E-state index contributed by atoms with van der Waals surface area (Å²) in [5.41, 5.74) is 4.84. The maximum absolute atomic E-state index is 5.68. The van der Waals surface area contributed by atoms with E-state index in [-0.39, 0.29) is 6.04 Å². The van der Waals surface area contributed by atoms with E-state index in [1.54, 1.807) is 12.4 Å². The standard InChI is InChI=1S/C14H16BrN3O/c1-2-19-13-7-11(8-17-9-13)14(18-16)10-4-3-5-12(15)6-10/h3-9,14,18H,2,16H2,1H3. The average molecular weight is 322 g/mol. The van der Waals surface area contributed by atoms with Crippen LogP contribution in [0.4, 0.5) is 0 Å². The normalized spacial score (nSPS) is 12.2. The largest absolute Gasteiger partial charge is 0.492 e. The average Bonchev–Trinajstić information content (AvgIpc) is 2.41. The fourth-order valence-corrected chi connectivity index (χ4v) is 2.33. The fourth-order valence-electron chi connectivity index (χ4n) is 1.91. The highest BCUT2D eigenvalue weighted by atomic mass is 79.9. The van der Waals surface area contributed by atoms with Gasteiger partial charge < -0.3 is 4.74 Å². The molecule has 2 aromatic rings. The Labute approximate surface area is 121 Å². The zero-order valence-electron chi connectivity index (χ0n) is 10.6. The van der Waals surface area contributed by atoms with Gasteiger partial charge in [0.15, 0.2) is 0 Å². The molecule has 2 rings (SSSR count). The number of hydrazine groups is 1. The lowest BCUT2D eigenvalue weighted by atomic mass is 10.0. The molecular weight excluding hydrogens is 306 g/mol. The summed E-state index contributed by atoms with van der Waals surface area (Å²) in [6, 6.07) is 9.82. The van der Waals surface area contributed by atoms with Crippen LogP contribution in [0.1, 0.15) is 24.1 Å². The number of nitrogens with one attached hydrogen (secondary N) is 1. The highest BCUT2D eigenvalue weighted by Crippen LogP contribution is 2.25. The summed E-state index contributed by atoms with van der Waals surface area (Å²) >= 11 is 3.46. The molecule has 1 aromatic carbocycles. The van der Waals surface area contributed by atoms with E-state index in [1.165, 1.54) is 0 Å². The molecule has 1 unspecified atom stereocenters. The van der Waals surface area contributed by atoms with Gasteiger partial charge in [-0.05, 0) is 36.2 Å². The number of nitrogens with two attached hydrogens (primary N) is 1. The third-order valence-electron chi connectivity index (χ3n) is 2.73. The van der Waals surface area contributed by atoms with Crippen LogP contribution in [0.25, 0.3) is 0 Å². The Hall–Kier alpha value is -1.43. The lowest BCUT2D eigenvalue weighted by Crippen LogP contribution is -2.28. The topological polar surface area (TPSA) is 60.2 Å². The maximum Gasteiger partial charge on any atom is 0.137 e. The third-order valence-corrected chi connectivity index (χ3v) is 3.22. The quantitative estimate of drug-likeness (QED) is 0.656. The number of benzene rings is 1. The van der Waals surface area contributed by atoms with Crippen LogP contribution in [0.5, 0.6) is 5.75 Å². The van der Waals surface area contributed by atoms with E-state index in [1.807, 2.05) is 37.3 Å². The lowest BCUT2D eigenvalue weighted by molar-refractivity contribution is 0.338. The second-order valence-corrected chi connectivity index (χ2v) is 4.96. The van der Waals surface area contributed by atoms with Crippen LogP contribution in [0.15, 0.2) is 47.2 Å². The van der Waals surface area contributed by atoms with Crippen molar-refractivity contribution in [1.29, 1.82) is 0 Å². The lowest BCUT2D eigenvalue weighted by Gasteiger charge is -2.17. The van der Waals surface area contributed by atoms with Gasteiger partial charge in [-0.3, -0.25) is 10.8 Å². The number of hydrogen-bond acceptors (Lipinski definition) is 4. The first-order valence-corrected chi connectivity index (χ1v) is 6.83. The summed E-state index contributed by atoms with van der Waals surface area (Å²) in [6.07, 6.45) is 3.48. The molecule has 1 atom stereocenters. The molecule has 0 saturated heterocycles. The monoisotopic (exact) mass is 321 g/mol. The van der Waals surface area contributed by atoms with Crippen LogP contribution in [0.2, 0.25) is 0 Å². The van der Waals surface area contributed by atoms with Gasteiger partial charge in [-0.1, -0.05) is 28.1 Å². The van der Waals surface area contributed by atoms with Crippen molar-refractivity contribution in [3.05, 3.63) is 58.3 Å². The summed E-state index contributed by atoms with van der Waals surface area (Å²) in [5.74, 6) is 6.42. The molecule has 0 bridgehead atoms. The van der Waals surface area contributed by atoms with E-state index >= 15 is 0 Å². The zero-order valence-corrected chi connectivity index (χ0v) is 12.2. The Morgan fingerprint density at radius 2 is 2.16 bits per heavy atom. The van der Waals surface area contributed by atoms with Crippen molar-refractivity contribution in [2.45, 2.75) is 13.0 Å². The van der Waals surface area contributed by atoms with Crippen LogP contribution in [-0.4, -0.2) is 11.6 Å². The molecule has 0 aliphatic rings. The molecule has 0 fully saturated rings. The van der Waals surface area contributed by atoms with Crippen LogP contribution in [0.3, 0.4) is 0 Å². The highest BCUT2D eigenvalue weighted by molar-refractivity contribution is 9.10. The van der Waals surface area contributed by atoms with Crippen LogP contribution in [-0.2, 0) is 0 Å². The molecule has 0 amide bonds. The number of hydrogen-bond donors (Lipinski definition) is 2. The first-order valence-electron chi connectivity index (χ1n) is 6.04. The molecule has 0 saturated carbocycles. The third kappa shape index (κ3) is 3.53. The van der Waals surface area contributed by atoms with Crippen LogP contribution in [0, 0.1) is 0 Å². The number of nitrogens with zero attached hydrogens (tertiary/aromatic N) is 1. The van der Waals surface area contributed by atoms with Gasteiger partial charge in [0.1, 0.15) is 5.75 Å². The van der Waals surface area contributed by atoms with Crippen LogP contribution >= 0.6 is 15.9 Å². The van der Waals surface area contributed by atoms with Crippen molar-refractivity contribution in [1.82, 2.24) is 10.4 Å². The summed E-state index contributed by atoms with van der Waals surface area (Å²) in [5, 5.41) is 0. The second kappa shape index (κ2) is 6.65. The number of rotatable bonds is 5. The molecule has 0 aliphatic heterocycles. The highest BCUT2D eigenvalue weighted by Gasteiger charge is 2.13. The first kappa shape index (κ1) is 14.0. The van der Waals surface area contributed by atoms with Gasteiger partial charge in [-0.2, -0.15) is 0 Å². The predicted octanol–water partition coefficient (Wildman–Crippen LogP) is 2.80. The molecule has 0 radical (unpaired) electrons. The van der Waals surface area contributed by atoms with Gasteiger partial charge in [0.05, 0.1) is 18.8 Å². The van der Waals surface area contributed by atoms with Crippen molar-refractivity contribution in [3.63, 3.8) is 0 Å². The van der Waals surface area contributed by atoms with Crippen molar-refractivity contribution < 1.29 is 4.74 Å². The number of ether oxygens (including phenoxy) is 1. The van der Waals surface area contributed by atoms with Gasteiger partial charge in [-0.25, -0.2) is 5.43 Å². The smallest absolute Gasteiger partial charge is 0.137 e. The summed E-state index contributed by atoms with van der Waals surface area (Å²) in [4.78, 5) is 4.19. The Bertz CT molecular complexity index is 548. The second-order valence-electron chi connectivity index (χ2n) is 4.04. The molecule has 3 N–H and O–H groups in total. The van der Waals surface area contributed by atoms with Gasteiger partial charge in [-0.15, -0.1) is 0 Å². The van der Waals surface area contributed by atoms with Crippen molar-refractivity contribution in [2.75, 3.05) is 6.61 Å². The minimum absolute atomic E-state index is 0.120. The predicted molar refractivity (Wildman–Crippen MR) is 78.7 cm³/mol. The molecular formula is C14H16BrN3O. The van der Waals surface area contributed by atoms with Gasteiger partial charge in [0.2, 0.25) is 0 Å². The Morgan fingerprint density at radius 3 is 2.84 bits per heavy atom. The molecule has 1 heterocycles. The molecule has 100 valence electrons. The molecule has 0 spiro atoms. The Kier molecular flexibility index (Phi) is 4.90. The van der Waals surface area contributed by atoms with E-state index in [9.17, 15) is 0 Å². The minimum Gasteiger partial charge on any atom is -0.492 e. The Morgan fingerprint density at radius 1 is 1.32 bits per heavy atom. The summed E-state index contributed by atoms with van der Waals surface area (Å²) < 4.78 is 6.47. The van der Waals surface area contributed by atoms with E-state index in [2.05, 4.69) is 26.3 Å². The van der Waals surface area contributed by atoms with Crippen LogP contribution < -0.4 is 16.0 Å². The van der Waals surface area contributed by atoms with Crippen molar-refractivity contribution >= 4 is 15.9 Å². The number of halogens is 1. The molecule has 0 aliphatic carbocycles. The van der Waals surface area contributed by atoms with Crippen molar-refractivity contribution in [2.24, 2.45) is 5.84 Å². The molecule has 1 aromatic heterocycles. The number of pyridine rings is 1. The summed E-state index contributed by atoms with van der Waals surface area (Å²) in [6.45, 7) is 2.56.